The van der Waals surface area contributed by atoms with E-state index in [0.717, 1.165) is 6.20 Å². The number of nitrogens with two attached hydrogens (primary N) is 1. The number of allylic oxidation sites excluding steroid dienone is 1. The van der Waals surface area contributed by atoms with E-state index < -0.39 is 16.3 Å². The van der Waals surface area contributed by atoms with Crippen molar-refractivity contribution in [2.75, 3.05) is 13.7 Å². The summed E-state index contributed by atoms with van der Waals surface area (Å²) in [5.74, 6) is 0. The van der Waals surface area contributed by atoms with Crippen LogP contribution in [0.2, 0.25) is 0 Å². The monoisotopic (exact) mass is 259 g/mol. The van der Waals surface area contributed by atoms with Crippen LogP contribution < -0.4 is 5.73 Å². The first-order valence-corrected chi connectivity index (χ1v) is 5.79. The number of nitrogens with zero attached hydrogens (tertiary/aromatic N) is 2. The Morgan fingerprint density at radius 3 is 2.83 bits per heavy atom. The molecule has 6 nitrogen and oxygen atoms in total. The van der Waals surface area contributed by atoms with Crippen LogP contribution in [0, 0.1) is 10.1 Å². The summed E-state index contributed by atoms with van der Waals surface area (Å²) in [5, 5.41) is 10.8. The first kappa shape index (κ1) is 14.6. The Labute approximate surface area is 105 Å². The Morgan fingerprint density at radius 2 is 2.33 bits per heavy atom. The topological polar surface area (TPSA) is 90.8 Å². The van der Waals surface area contributed by atoms with Crippen molar-refractivity contribution in [2.24, 2.45) is 10.7 Å². The van der Waals surface area contributed by atoms with Gasteiger partial charge in [-0.1, -0.05) is 0 Å². The molecule has 0 aromatic carbocycles. The zero-order valence-corrected chi connectivity index (χ0v) is 10.6. The van der Waals surface area contributed by atoms with Crippen molar-refractivity contribution in [3.8, 4) is 0 Å². The van der Waals surface area contributed by atoms with E-state index in [1.54, 1.807) is 0 Å². The Hall–Kier alpha value is -1.50. The molecule has 0 amide bonds. The van der Waals surface area contributed by atoms with Gasteiger partial charge in [-0.3, -0.25) is 15.1 Å². The summed E-state index contributed by atoms with van der Waals surface area (Å²) in [4.78, 5) is 13.9. The van der Waals surface area contributed by atoms with Gasteiger partial charge < -0.3 is 10.5 Å². The predicted octanol–water partition coefficient (Wildman–Crippen LogP) is 1.43. The van der Waals surface area contributed by atoms with Gasteiger partial charge in [-0.2, -0.15) is 0 Å². The van der Waals surface area contributed by atoms with Gasteiger partial charge in [-0.15, -0.1) is 0 Å². The van der Waals surface area contributed by atoms with Gasteiger partial charge in [0.25, 0.3) is 0 Å². The molecule has 1 fully saturated rings. The summed E-state index contributed by atoms with van der Waals surface area (Å²) in [6, 6.07) is 0. The smallest absolute Gasteiger partial charge is 0.308 e. The highest BCUT2D eigenvalue weighted by Crippen LogP contribution is 2.32. The number of hydrogen-bond acceptors (Lipinski definition) is 5. The maximum Gasteiger partial charge on any atom is 0.308 e. The summed E-state index contributed by atoms with van der Waals surface area (Å²) < 4.78 is 20.2. The zero-order chi connectivity index (χ0) is 13.8. The average Bonchev–Trinajstić information content (AvgIpc) is 2.48. The SMILES string of the molecule is CN=C(/C(=C\N)[N+](=O)[O-])C1(F)CCOC(C)CC1. The molecule has 0 saturated carbocycles. The second-order valence-corrected chi connectivity index (χ2v) is 4.32. The predicted molar refractivity (Wildman–Crippen MR) is 65.7 cm³/mol. The lowest BCUT2D eigenvalue weighted by Crippen LogP contribution is -2.38. The van der Waals surface area contributed by atoms with Crippen molar-refractivity contribution < 1.29 is 14.1 Å². The van der Waals surface area contributed by atoms with E-state index in [2.05, 4.69) is 4.99 Å². The quantitative estimate of drug-likeness (QED) is 0.471. The molecule has 0 aromatic rings. The number of nitro groups is 1. The highest BCUT2D eigenvalue weighted by Gasteiger charge is 2.43. The van der Waals surface area contributed by atoms with E-state index in [9.17, 15) is 14.5 Å². The van der Waals surface area contributed by atoms with E-state index >= 15 is 0 Å². The molecule has 2 N–H and O–H groups in total. The van der Waals surface area contributed by atoms with Crippen molar-refractivity contribution in [2.45, 2.75) is 38.0 Å². The van der Waals surface area contributed by atoms with E-state index in [-0.39, 0.29) is 31.3 Å². The van der Waals surface area contributed by atoms with Crippen molar-refractivity contribution in [3.63, 3.8) is 0 Å². The molecule has 2 atom stereocenters. The van der Waals surface area contributed by atoms with Crippen molar-refractivity contribution in [1.29, 1.82) is 0 Å². The van der Waals surface area contributed by atoms with Crippen LogP contribution in [0.4, 0.5) is 4.39 Å². The normalized spacial score (nSPS) is 30.9. The van der Waals surface area contributed by atoms with Gasteiger partial charge in [0.2, 0.25) is 0 Å². The molecule has 2 unspecified atom stereocenters. The Balaban J connectivity index is 3.04. The third-order valence-corrected chi connectivity index (χ3v) is 3.09. The highest BCUT2D eigenvalue weighted by atomic mass is 19.1. The van der Waals surface area contributed by atoms with Crippen molar-refractivity contribution in [1.82, 2.24) is 0 Å². The van der Waals surface area contributed by atoms with Gasteiger partial charge in [0, 0.05) is 13.5 Å². The van der Waals surface area contributed by atoms with Gasteiger partial charge in [0.1, 0.15) is 0 Å². The number of hydrogen-bond donors (Lipinski definition) is 1. The number of halogens is 1. The van der Waals surface area contributed by atoms with Gasteiger partial charge in [-0.25, -0.2) is 4.39 Å². The molecule has 0 aromatic heterocycles. The number of rotatable bonds is 3. The van der Waals surface area contributed by atoms with Crippen LogP contribution >= 0.6 is 0 Å². The van der Waals surface area contributed by atoms with Crippen LogP contribution in [0.5, 0.6) is 0 Å². The van der Waals surface area contributed by atoms with Crippen LogP contribution in [0.25, 0.3) is 0 Å². The highest BCUT2D eigenvalue weighted by molar-refractivity contribution is 6.04. The Kier molecular flexibility index (Phi) is 4.77. The number of ether oxygens (including phenoxy) is 1. The van der Waals surface area contributed by atoms with Gasteiger partial charge in [0.15, 0.2) is 11.4 Å². The fourth-order valence-electron chi connectivity index (χ4n) is 2.07. The van der Waals surface area contributed by atoms with Crippen LogP contribution in [-0.4, -0.2) is 36.1 Å². The maximum atomic E-state index is 14.9. The third-order valence-electron chi connectivity index (χ3n) is 3.09. The van der Waals surface area contributed by atoms with Gasteiger partial charge >= 0.3 is 5.70 Å². The third kappa shape index (κ3) is 3.04. The summed E-state index contributed by atoms with van der Waals surface area (Å²) in [6.07, 6.45) is 1.42. The Morgan fingerprint density at radius 1 is 1.67 bits per heavy atom. The lowest BCUT2D eigenvalue weighted by Gasteiger charge is -2.22. The van der Waals surface area contributed by atoms with Crippen LogP contribution in [-0.2, 0) is 4.74 Å². The summed E-state index contributed by atoms with van der Waals surface area (Å²) in [7, 11) is 1.33. The standard InChI is InChI=1S/C11H18FN3O3/c1-8-3-4-11(12,5-6-18-8)10(14-2)9(7-13)15(16)17/h7-8H,3-6,13H2,1-2H3/b9-7+,14-10?. The lowest BCUT2D eigenvalue weighted by molar-refractivity contribution is -0.416. The van der Waals surface area contributed by atoms with Crippen LogP contribution in [0.1, 0.15) is 26.2 Å². The molecule has 1 heterocycles. The molecule has 0 aliphatic carbocycles. The van der Waals surface area contributed by atoms with E-state index in [4.69, 9.17) is 10.5 Å². The Bertz CT molecular complexity index is 384. The van der Waals surface area contributed by atoms with Gasteiger partial charge in [0.05, 0.1) is 23.8 Å². The van der Waals surface area contributed by atoms with Crippen LogP contribution in [0.3, 0.4) is 0 Å². The molecule has 0 radical (unpaired) electrons. The largest absolute Gasteiger partial charge is 0.399 e. The second kappa shape index (κ2) is 5.90. The van der Waals surface area contributed by atoms with E-state index in [0.29, 0.717) is 6.42 Å². The molecular weight excluding hydrogens is 241 g/mol. The van der Waals surface area contributed by atoms with E-state index in [1.165, 1.54) is 7.05 Å². The summed E-state index contributed by atoms with van der Waals surface area (Å²) >= 11 is 0. The van der Waals surface area contributed by atoms with Crippen molar-refractivity contribution >= 4 is 5.71 Å². The number of aliphatic imine (C=N–C) groups is 1. The average molecular weight is 259 g/mol. The molecule has 1 saturated heterocycles. The summed E-state index contributed by atoms with van der Waals surface area (Å²) in [6.45, 7) is 2.06. The molecule has 7 heteroatoms. The molecule has 0 spiro atoms. The molecule has 0 bridgehead atoms. The molecule has 1 aliphatic rings. The molecular formula is C11H18FN3O3. The fourth-order valence-corrected chi connectivity index (χ4v) is 2.07. The number of alkyl halides is 1. The first-order chi connectivity index (χ1) is 8.44. The molecule has 18 heavy (non-hydrogen) atoms. The summed E-state index contributed by atoms with van der Waals surface area (Å²) in [5.41, 5.74) is 2.67. The zero-order valence-electron chi connectivity index (χ0n) is 10.6. The minimum Gasteiger partial charge on any atom is -0.399 e. The molecule has 1 rings (SSSR count). The maximum absolute atomic E-state index is 14.9. The minimum absolute atomic E-state index is 0.0508. The van der Waals surface area contributed by atoms with Crippen molar-refractivity contribution in [3.05, 3.63) is 22.0 Å². The minimum atomic E-state index is -1.85. The lowest BCUT2D eigenvalue weighted by atomic mass is 9.89. The molecule has 1 aliphatic heterocycles. The van der Waals surface area contributed by atoms with Gasteiger partial charge in [-0.05, 0) is 19.8 Å². The molecule has 102 valence electrons. The van der Waals surface area contributed by atoms with Crippen LogP contribution in [0.15, 0.2) is 16.9 Å². The first-order valence-electron chi connectivity index (χ1n) is 5.79. The second-order valence-electron chi connectivity index (χ2n) is 4.32. The fraction of sp³-hybridized carbons (Fsp3) is 0.727. The van der Waals surface area contributed by atoms with E-state index in [1.807, 2.05) is 6.92 Å².